The van der Waals surface area contributed by atoms with E-state index in [2.05, 4.69) is 6.92 Å². The maximum atomic E-state index is 13.4. The molecule has 0 N–H and O–H groups in total. The van der Waals surface area contributed by atoms with Gasteiger partial charge in [-0.15, -0.1) is 0 Å². The van der Waals surface area contributed by atoms with Crippen LogP contribution in [0.3, 0.4) is 0 Å². The van der Waals surface area contributed by atoms with E-state index in [0.29, 0.717) is 33.3 Å². The van der Waals surface area contributed by atoms with Gasteiger partial charge in [-0.1, -0.05) is 11.8 Å². The molecule has 1 aromatic carbocycles. The van der Waals surface area contributed by atoms with Crippen LogP contribution >= 0.6 is 11.8 Å². The summed E-state index contributed by atoms with van der Waals surface area (Å²) in [4.78, 5) is 32.8. The van der Waals surface area contributed by atoms with Crippen molar-refractivity contribution in [3.63, 3.8) is 0 Å². The van der Waals surface area contributed by atoms with Crippen LogP contribution in [0.2, 0.25) is 0 Å². The second-order valence-electron chi connectivity index (χ2n) is 7.81. The minimum Gasteiger partial charge on any atom is -0.467 e. The quantitative estimate of drug-likeness (QED) is 0.444. The molecule has 0 aliphatic carbocycles. The van der Waals surface area contributed by atoms with Crippen molar-refractivity contribution in [3.8, 4) is 11.5 Å². The lowest BCUT2D eigenvalue weighted by molar-refractivity contribution is -0.131. The number of likely N-dealkylation sites (tertiary alicyclic amines) is 1. The Hall–Kier alpha value is -2.94. The van der Waals surface area contributed by atoms with E-state index in [1.54, 1.807) is 29.0 Å². The predicted octanol–water partition coefficient (Wildman–Crippen LogP) is 3.26. The molecule has 5 rings (SSSR count). The largest absolute Gasteiger partial charge is 0.467 e. The molecule has 3 aromatic rings. The van der Waals surface area contributed by atoms with Crippen molar-refractivity contribution in [3.05, 3.63) is 46.6 Å². The summed E-state index contributed by atoms with van der Waals surface area (Å²) in [6.07, 6.45) is 4.79. The lowest BCUT2D eigenvalue weighted by Crippen LogP contribution is -2.43. The van der Waals surface area contributed by atoms with Gasteiger partial charge in [0.15, 0.2) is 16.7 Å². The molecule has 8 nitrogen and oxygen atoms in total. The molecule has 1 atom stereocenters. The zero-order chi connectivity index (χ0) is 21.4. The fourth-order valence-electron chi connectivity index (χ4n) is 4.08. The number of hydrogen-bond acceptors (Lipinski definition) is 7. The number of fused-ring (bicyclic) bond motifs is 2. The first-order valence-corrected chi connectivity index (χ1v) is 11.4. The van der Waals surface area contributed by atoms with E-state index in [1.807, 2.05) is 11.0 Å². The summed E-state index contributed by atoms with van der Waals surface area (Å²) in [5.74, 6) is 2.04. The van der Waals surface area contributed by atoms with Gasteiger partial charge in [0.2, 0.25) is 12.7 Å². The molecule has 2 aliphatic heterocycles. The number of piperidine rings is 1. The number of benzene rings is 1. The van der Waals surface area contributed by atoms with Crippen LogP contribution in [0.1, 0.15) is 31.9 Å². The van der Waals surface area contributed by atoms with Crippen LogP contribution in [0.4, 0.5) is 0 Å². The molecule has 1 fully saturated rings. The highest BCUT2D eigenvalue weighted by molar-refractivity contribution is 7.99. The molecular formula is C22H23N3O5S. The van der Waals surface area contributed by atoms with Crippen LogP contribution in [-0.4, -0.2) is 45.5 Å². The summed E-state index contributed by atoms with van der Waals surface area (Å²) >= 11 is 1.28. The van der Waals surface area contributed by atoms with Crippen molar-refractivity contribution in [1.29, 1.82) is 0 Å². The summed E-state index contributed by atoms with van der Waals surface area (Å²) in [7, 11) is 0. The number of aromatic nitrogens is 2. The smallest absolute Gasteiger partial charge is 0.262 e. The molecule has 0 bridgehead atoms. The van der Waals surface area contributed by atoms with E-state index >= 15 is 0 Å². The lowest BCUT2D eigenvalue weighted by atomic mass is 10.0. The SMILES string of the molecule is CC1CCCCN1C(=O)CSc1nc2cc3c(cc2c(=O)n1Cc1ccco1)OCO3. The maximum Gasteiger partial charge on any atom is 0.262 e. The van der Waals surface area contributed by atoms with E-state index in [4.69, 9.17) is 18.9 Å². The fraction of sp³-hybridized carbons (Fsp3) is 0.409. The Kier molecular flexibility index (Phi) is 5.35. The van der Waals surface area contributed by atoms with Crippen LogP contribution < -0.4 is 15.0 Å². The summed E-state index contributed by atoms with van der Waals surface area (Å²) in [5, 5.41) is 0.918. The first-order valence-electron chi connectivity index (χ1n) is 10.4. The Morgan fingerprint density at radius 2 is 2.10 bits per heavy atom. The van der Waals surface area contributed by atoms with Crippen molar-refractivity contribution in [2.75, 3.05) is 19.1 Å². The second-order valence-corrected chi connectivity index (χ2v) is 8.75. The average Bonchev–Trinajstić information content (AvgIpc) is 3.45. The number of thioether (sulfide) groups is 1. The van der Waals surface area contributed by atoms with E-state index in [9.17, 15) is 9.59 Å². The van der Waals surface area contributed by atoms with Gasteiger partial charge in [0.1, 0.15) is 5.76 Å². The Bertz CT molecular complexity index is 1170. The van der Waals surface area contributed by atoms with Crippen molar-refractivity contribution >= 4 is 28.6 Å². The zero-order valence-electron chi connectivity index (χ0n) is 17.2. The van der Waals surface area contributed by atoms with Crippen LogP contribution in [0, 0.1) is 0 Å². The molecule has 1 unspecified atom stereocenters. The minimum absolute atomic E-state index is 0.0711. The maximum absolute atomic E-state index is 13.4. The van der Waals surface area contributed by atoms with E-state index in [1.165, 1.54) is 11.8 Å². The standard InChI is InChI=1S/C22H23N3O5S/c1-14-5-2-3-7-24(14)20(26)12-31-22-23-17-10-19-18(29-13-30-19)9-16(17)21(27)25(22)11-15-6-4-8-28-15/h4,6,8-10,14H,2-3,5,7,11-13H2,1H3. The van der Waals surface area contributed by atoms with Gasteiger partial charge in [0.05, 0.1) is 29.5 Å². The van der Waals surface area contributed by atoms with Gasteiger partial charge >= 0.3 is 0 Å². The molecule has 9 heteroatoms. The highest BCUT2D eigenvalue weighted by atomic mass is 32.2. The number of furan rings is 1. The van der Waals surface area contributed by atoms with Crippen LogP contribution in [0.15, 0.2) is 44.9 Å². The molecule has 162 valence electrons. The Morgan fingerprint density at radius 3 is 2.87 bits per heavy atom. The Morgan fingerprint density at radius 1 is 1.26 bits per heavy atom. The minimum atomic E-state index is -0.207. The fourth-order valence-corrected chi connectivity index (χ4v) is 4.96. The van der Waals surface area contributed by atoms with Crippen molar-refractivity contribution < 1.29 is 18.7 Å². The van der Waals surface area contributed by atoms with E-state index in [-0.39, 0.29) is 36.6 Å². The highest BCUT2D eigenvalue weighted by Gasteiger charge is 2.24. The molecule has 1 amide bonds. The third-order valence-electron chi connectivity index (χ3n) is 5.76. The molecule has 2 aromatic heterocycles. The lowest BCUT2D eigenvalue weighted by Gasteiger charge is -2.33. The van der Waals surface area contributed by atoms with Crippen LogP contribution in [0.5, 0.6) is 11.5 Å². The second kappa shape index (κ2) is 8.30. The monoisotopic (exact) mass is 441 g/mol. The van der Waals surface area contributed by atoms with Crippen LogP contribution in [-0.2, 0) is 11.3 Å². The summed E-state index contributed by atoms with van der Waals surface area (Å²) in [6, 6.07) is 7.22. The Balaban J connectivity index is 1.49. The zero-order valence-corrected chi connectivity index (χ0v) is 18.0. The molecule has 1 saturated heterocycles. The number of amides is 1. The summed E-state index contributed by atoms with van der Waals surface area (Å²) in [6.45, 7) is 3.23. The molecule has 31 heavy (non-hydrogen) atoms. The van der Waals surface area contributed by atoms with E-state index in [0.717, 1.165) is 25.8 Å². The first kappa shape index (κ1) is 20.0. The summed E-state index contributed by atoms with van der Waals surface area (Å²) < 4.78 is 17.9. The van der Waals surface area contributed by atoms with Gasteiger partial charge in [-0.2, -0.15) is 0 Å². The van der Waals surface area contributed by atoms with Gasteiger partial charge in [0.25, 0.3) is 5.56 Å². The van der Waals surface area contributed by atoms with Gasteiger partial charge < -0.3 is 18.8 Å². The van der Waals surface area contributed by atoms with Gasteiger partial charge in [-0.05, 0) is 44.4 Å². The van der Waals surface area contributed by atoms with Crippen molar-refractivity contribution in [1.82, 2.24) is 14.5 Å². The number of carbonyl (C=O) groups excluding carboxylic acids is 1. The number of hydrogen-bond donors (Lipinski definition) is 0. The number of ether oxygens (including phenoxy) is 2. The molecule has 0 radical (unpaired) electrons. The van der Waals surface area contributed by atoms with Crippen molar-refractivity contribution in [2.24, 2.45) is 0 Å². The van der Waals surface area contributed by atoms with Crippen molar-refractivity contribution in [2.45, 2.75) is 43.9 Å². The molecule has 0 spiro atoms. The number of carbonyl (C=O) groups is 1. The molecule has 0 saturated carbocycles. The topological polar surface area (TPSA) is 86.8 Å². The molecule has 2 aliphatic rings. The number of nitrogens with zero attached hydrogens (tertiary/aromatic N) is 3. The first-order chi connectivity index (χ1) is 15.1. The normalized spacial score (nSPS) is 18.0. The predicted molar refractivity (Wildman–Crippen MR) is 116 cm³/mol. The molecule has 4 heterocycles. The molecular weight excluding hydrogens is 418 g/mol. The average molecular weight is 442 g/mol. The van der Waals surface area contributed by atoms with Crippen LogP contribution in [0.25, 0.3) is 10.9 Å². The van der Waals surface area contributed by atoms with E-state index < -0.39 is 0 Å². The highest BCUT2D eigenvalue weighted by Crippen LogP contribution is 2.35. The summed E-state index contributed by atoms with van der Waals surface area (Å²) in [5.41, 5.74) is 0.312. The third kappa shape index (κ3) is 3.89. The third-order valence-corrected chi connectivity index (χ3v) is 6.72. The Labute approximate surface area is 183 Å². The number of rotatable bonds is 5. The van der Waals surface area contributed by atoms with Gasteiger partial charge in [0, 0.05) is 18.7 Å². The van der Waals surface area contributed by atoms with Gasteiger partial charge in [-0.25, -0.2) is 4.98 Å². The van der Waals surface area contributed by atoms with Gasteiger partial charge in [-0.3, -0.25) is 14.2 Å².